The molecule has 8 heteroatoms. The van der Waals surface area contributed by atoms with E-state index in [4.69, 9.17) is 9.47 Å². The fraction of sp³-hybridized carbons (Fsp3) is 0.167. The molecule has 1 aromatic heterocycles. The van der Waals surface area contributed by atoms with Crippen LogP contribution in [0.25, 0.3) is 10.2 Å². The molecule has 0 atom stereocenters. The predicted molar refractivity (Wildman–Crippen MR) is 104 cm³/mol. The van der Waals surface area contributed by atoms with Gasteiger partial charge < -0.3 is 9.47 Å². The van der Waals surface area contributed by atoms with E-state index in [1.54, 1.807) is 50.4 Å². The van der Waals surface area contributed by atoms with Gasteiger partial charge in [-0.15, -0.1) is 0 Å². The molecule has 0 fully saturated rings. The SMILES string of the molecule is CCOC(=O)c1ccc2nc(NC(=O)c3cc(OC)ccc3Br)sc2c1. The minimum Gasteiger partial charge on any atom is -0.497 e. The van der Waals surface area contributed by atoms with Crippen LogP contribution >= 0.6 is 27.3 Å². The normalized spacial score (nSPS) is 10.6. The molecule has 26 heavy (non-hydrogen) atoms. The van der Waals surface area contributed by atoms with Crippen molar-refractivity contribution in [2.75, 3.05) is 19.0 Å². The number of fused-ring (bicyclic) bond motifs is 1. The average Bonchev–Trinajstić information content (AvgIpc) is 3.03. The van der Waals surface area contributed by atoms with Gasteiger partial charge in [0, 0.05) is 4.47 Å². The third-order valence-corrected chi connectivity index (χ3v) is 5.16. The average molecular weight is 435 g/mol. The Morgan fingerprint density at radius 2 is 2.04 bits per heavy atom. The standard InChI is InChI=1S/C18H15BrN2O4S/c1-3-25-17(23)10-4-7-14-15(8-10)26-18(20-14)21-16(22)12-9-11(24-2)5-6-13(12)19/h4-9H,3H2,1-2H3,(H,20,21,22). The number of thiazole rings is 1. The number of esters is 1. The van der Waals surface area contributed by atoms with Gasteiger partial charge in [0.15, 0.2) is 5.13 Å². The second-order valence-corrected chi connectivity index (χ2v) is 7.11. The number of ether oxygens (including phenoxy) is 2. The van der Waals surface area contributed by atoms with Crippen molar-refractivity contribution < 1.29 is 19.1 Å². The third-order valence-electron chi connectivity index (χ3n) is 3.54. The van der Waals surface area contributed by atoms with Crippen LogP contribution in [0.15, 0.2) is 40.9 Å². The van der Waals surface area contributed by atoms with Gasteiger partial charge in [-0.3, -0.25) is 10.1 Å². The lowest BCUT2D eigenvalue weighted by Gasteiger charge is -2.06. The summed E-state index contributed by atoms with van der Waals surface area (Å²) in [5.41, 5.74) is 1.59. The number of methoxy groups -OCH3 is 1. The van der Waals surface area contributed by atoms with Crippen LogP contribution in [0.2, 0.25) is 0 Å². The molecule has 0 aliphatic rings. The molecule has 2 aromatic carbocycles. The Morgan fingerprint density at radius 1 is 1.23 bits per heavy atom. The number of anilines is 1. The number of rotatable bonds is 5. The fourth-order valence-corrected chi connectivity index (χ4v) is 3.62. The highest BCUT2D eigenvalue weighted by atomic mass is 79.9. The largest absolute Gasteiger partial charge is 0.497 e. The zero-order chi connectivity index (χ0) is 18.7. The van der Waals surface area contributed by atoms with E-state index in [0.717, 1.165) is 4.70 Å². The zero-order valence-corrected chi connectivity index (χ0v) is 16.4. The number of benzene rings is 2. The summed E-state index contributed by atoms with van der Waals surface area (Å²) in [5, 5.41) is 3.23. The minimum absolute atomic E-state index is 0.305. The van der Waals surface area contributed by atoms with Crippen LogP contribution in [0, 0.1) is 0 Å². The number of nitrogens with one attached hydrogen (secondary N) is 1. The number of hydrogen-bond donors (Lipinski definition) is 1. The van der Waals surface area contributed by atoms with Crippen molar-refractivity contribution in [1.82, 2.24) is 4.98 Å². The van der Waals surface area contributed by atoms with Crippen molar-refractivity contribution in [3.8, 4) is 5.75 Å². The number of carbonyl (C=O) groups is 2. The number of halogens is 1. The molecule has 3 aromatic rings. The van der Waals surface area contributed by atoms with Gasteiger partial charge in [0.25, 0.3) is 5.91 Å². The van der Waals surface area contributed by atoms with Crippen molar-refractivity contribution in [3.63, 3.8) is 0 Å². The highest BCUT2D eigenvalue weighted by molar-refractivity contribution is 9.10. The van der Waals surface area contributed by atoms with Gasteiger partial charge in [0.1, 0.15) is 5.75 Å². The first-order chi connectivity index (χ1) is 12.5. The first-order valence-electron chi connectivity index (χ1n) is 7.74. The number of nitrogens with zero attached hydrogens (tertiary/aromatic N) is 1. The van der Waals surface area contributed by atoms with Gasteiger partial charge in [-0.05, 0) is 59.3 Å². The van der Waals surface area contributed by atoms with Gasteiger partial charge in [0.05, 0.1) is 35.1 Å². The van der Waals surface area contributed by atoms with Gasteiger partial charge in [0.2, 0.25) is 0 Å². The zero-order valence-electron chi connectivity index (χ0n) is 14.0. The van der Waals surface area contributed by atoms with E-state index < -0.39 is 0 Å². The fourth-order valence-electron chi connectivity index (χ4n) is 2.29. The molecule has 0 saturated heterocycles. The summed E-state index contributed by atoms with van der Waals surface area (Å²) in [4.78, 5) is 28.8. The molecular formula is C18H15BrN2O4S. The first kappa shape index (κ1) is 18.3. The summed E-state index contributed by atoms with van der Waals surface area (Å²) >= 11 is 4.65. The summed E-state index contributed by atoms with van der Waals surface area (Å²) < 4.78 is 11.6. The van der Waals surface area contributed by atoms with E-state index in [9.17, 15) is 9.59 Å². The van der Waals surface area contributed by atoms with Gasteiger partial charge in [-0.1, -0.05) is 11.3 Å². The Labute approximate surface area is 162 Å². The molecule has 0 spiro atoms. The van der Waals surface area contributed by atoms with Crippen LogP contribution in [0.1, 0.15) is 27.6 Å². The number of amides is 1. The van der Waals surface area contributed by atoms with E-state index in [1.807, 2.05) is 0 Å². The van der Waals surface area contributed by atoms with Crippen molar-refractivity contribution in [3.05, 3.63) is 52.0 Å². The first-order valence-corrected chi connectivity index (χ1v) is 9.35. The summed E-state index contributed by atoms with van der Waals surface area (Å²) in [6.45, 7) is 2.07. The molecule has 6 nitrogen and oxygen atoms in total. The molecular weight excluding hydrogens is 420 g/mol. The van der Waals surface area contributed by atoms with Gasteiger partial charge in [-0.25, -0.2) is 9.78 Å². The lowest BCUT2D eigenvalue weighted by Crippen LogP contribution is -2.12. The highest BCUT2D eigenvalue weighted by Gasteiger charge is 2.15. The van der Waals surface area contributed by atoms with Crippen molar-refractivity contribution in [2.24, 2.45) is 0 Å². The molecule has 134 valence electrons. The Morgan fingerprint density at radius 3 is 2.77 bits per heavy atom. The van der Waals surface area contributed by atoms with E-state index in [0.29, 0.717) is 38.6 Å². The quantitative estimate of drug-likeness (QED) is 0.598. The summed E-state index contributed by atoms with van der Waals surface area (Å²) in [6, 6.07) is 10.3. The smallest absolute Gasteiger partial charge is 0.338 e. The van der Waals surface area contributed by atoms with E-state index in [-0.39, 0.29) is 11.9 Å². The van der Waals surface area contributed by atoms with Gasteiger partial charge in [-0.2, -0.15) is 0 Å². The van der Waals surface area contributed by atoms with Crippen LogP contribution in [-0.2, 0) is 4.74 Å². The Balaban J connectivity index is 1.85. The maximum Gasteiger partial charge on any atom is 0.338 e. The Bertz CT molecular complexity index is 986. The Hall–Kier alpha value is -2.45. The predicted octanol–water partition coefficient (Wildman–Crippen LogP) is 4.50. The maximum absolute atomic E-state index is 12.5. The van der Waals surface area contributed by atoms with Crippen LogP contribution in [0.4, 0.5) is 5.13 Å². The summed E-state index contributed by atoms with van der Waals surface area (Å²) in [5.74, 6) is -0.101. The molecule has 0 aliphatic carbocycles. The minimum atomic E-state index is -0.381. The summed E-state index contributed by atoms with van der Waals surface area (Å²) in [7, 11) is 1.54. The number of hydrogen-bond acceptors (Lipinski definition) is 6. The molecule has 0 aliphatic heterocycles. The molecule has 1 amide bonds. The van der Waals surface area contributed by atoms with Crippen molar-refractivity contribution in [2.45, 2.75) is 6.92 Å². The highest BCUT2D eigenvalue weighted by Crippen LogP contribution is 2.29. The third kappa shape index (κ3) is 3.86. The lowest BCUT2D eigenvalue weighted by atomic mass is 10.2. The van der Waals surface area contributed by atoms with E-state index in [2.05, 4.69) is 26.2 Å². The monoisotopic (exact) mass is 434 g/mol. The topological polar surface area (TPSA) is 77.5 Å². The lowest BCUT2D eigenvalue weighted by molar-refractivity contribution is 0.0526. The molecule has 1 N–H and O–H groups in total. The Kier molecular flexibility index (Phi) is 5.53. The second kappa shape index (κ2) is 7.84. The molecule has 0 saturated carbocycles. The van der Waals surface area contributed by atoms with Crippen molar-refractivity contribution >= 4 is 54.5 Å². The van der Waals surface area contributed by atoms with Crippen LogP contribution < -0.4 is 10.1 Å². The van der Waals surface area contributed by atoms with Crippen LogP contribution in [0.3, 0.4) is 0 Å². The number of carbonyl (C=O) groups excluding carboxylic acids is 2. The van der Waals surface area contributed by atoms with Crippen molar-refractivity contribution in [1.29, 1.82) is 0 Å². The van der Waals surface area contributed by atoms with Gasteiger partial charge >= 0.3 is 5.97 Å². The maximum atomic E-state index is 12.5. The molecule has 0 radical (unpaired) electrons. The van der Waals surface area contributed by atoms with E-state index >= 15 is 0 Å². The summed E-state index contributed by atoms with van der Waals surface area (Å²) in [6.07, 6.45) is 0. The molecule has 0 bridgehead atoms. The number of aromatic nitrogens is 1. The van der Waals surface area contributed by atoms with Crippen LogP contribution in [-0.4, -0.2) is 30.6 Å². The van der Waals surface area contributed by atoms with E-state index in [1.165, 1.54) is 11.3 Å². The van der Waals surface area contributed by atoms with Crippen LogP contribution in [0.5, 0.6) is 5.75 Å². The molecule has 3 rings (SSSR count). The second-order valence-electron chi connectivity index (χ2n) is 5.22. The molecule has 1 heterocycles. The molecule has 0 unspecified atom stereocenters.